The van der Waals surface area contributed by atoms with Gasteiger partial charge in [-0.15, -0.1) is 0 Å². The molecule has 9 heteroatoms. The lowest BCUT2D eigenvalue weighted by Gasteiger charge is -2.31. The fourth-order valence-electron chi connectivity index (χ4n) is 4.07. The van der Waals surface area contributed by atoms with Gasteiger partial charge >= 0.3 is 6.09 Å². The molecule has 0 aliphatic carbocycles. The van der Waals surface area contributed by atoms with Crippen LogP contribution >= 0.6 is 0 Å². The maximum Gasteiger partial charge on any atom is 0.410 e. The lowest BCUT2D eigenvalue weighted by molar-refractivity contribution is -0.132. The summed E-state index contributed by atoms with van der Waals surface area (Å²) < 4.78 is 13.3. The molecule has 9 nitrogen and oxygen atoms in total. The lowest BCUT2D eigenvalue weighted by Crippen LogP contribution is -2.47. The monoisotopic (exact) mass is 377 g/mol. The van der Waals surface area contributed by atoms with Crippen LogP contribution in [0.15, 0.2) is 18.5 Å². The van der Waals surface area contributed by atoms with Gasteiger partial charge in [-0.1, -0.05) is 0 Å². The number of rotatable bonds is 4. The summed E-state index contributed by atoms with van der Waals surface area (Å²) in [4.78, 5) is 28.5. The minimum absolute atomic E-state index is 0.0473. The first kappa shape index (κ1) is 18.2. The van der Waals surface area contributed by atoms with Crippen LogP contribution in [0.3, 0.4) is 0 Å². The number of ether oxygens (including phenoxy) is 2. The molecular weight excluding hydrogens is 350 g/mol. The second-order valence-corrected chi connectivity index (χ2v) is 7.57. The van der Waals surface area contributed by atoms with E-state index in [0.717, 1.165) is 32.4 Å². The van der Waals surface area contributed by atoms with Gasteiger partial charge in [0.2, 0.25) is 5.91 Å². The molecule has 3 aliphatic rings. The van der Waals surface area contributed by atoms with E-state index in [-0.39, 0.29) is 24.6 Å². The Morgan fingerprint density at radius 3 is 3.00 bits per heavy atom. The molecule has 0 radical (unpaired) electrons. The van der Waals surface area contributed by atoms with E-state index < -0.39 is 5.60 Å². The van der Waals surface area contributed by atoms with Gasteiger partial charge in [-0.05, 0) is 25.6 Å². The number of amides is 2. The zero-order valence-corrected chi connectivity index (χ0v) is 15.5. The van der Waals surface area contributed by atoms with Crippen molar-refractivity contribution >= 4 is 12.0 Å². The summed E-state index contributed by atoms with van der Waals surface area (Å²) >= 11 is 0. The number of piperidine rings is 1. The number of carbonyl (C=O) groups excluding carboxylic acids is 2. The minimum Gasteiger partial charge on any atom is -0.441 e. The average molecular weight is 377 g/mol. The van der Waals surface area contributed by atoms with Gasteiger partial charge in [-0.2, -0.15) is 5.10 Å². The second-order valence-electron chi connectivity index (χ2n) is 7.57. The van der Waals surface area contributed by atoms with E-state index in [9.17, 15) is 9.59 Å². The highest BCUT2D eigenvalue weighted by molar-refractivity contribution is 5.83. The van der Waals surface area contributed by atoms with E-state index in [0.29, 0.717) is 32.8 Å². The zero-order valence-electron chi connectivity index (χ0n) is 15.5. The van der Waals surface area contributed by atoms with Gasteiger partial charge in [0.1, 0.15) is 12.1 Å². The Balaban J connectivity index is 1.34. The zero-order chi connectivity index (χ0) is 18.7. The molecule has 4 heterocycles. The molecule has 3 saturated heterocycles. The predicted octanol–water partition coefficient (Wildman–Crippen LogP) is 0.0750. The summed E-state index contributed by atoms with van der Waals surface area (Å²) in [7, 11) is 0. The van der Waals surface area contributed by atoms with Crippen molar-refractivity contribution in [2.45, 2.75) is 37.5 Å². The third kappa shape index (κ3) is 4.24. The Bertz CT molecular complexity index is 659. The summed E-state index contributed by atoms with van der Waals surface area (Å²) in [6.07, 6.45) is 5.54. The van der Waals surface area contributed by atoms with Crippen molar-refractivity contribution in [1.82, 2.24) is 24.9 Å². The lowest BCUT2D eigenvalue weighted by atomic mass is 9.92. The number of nitrogens with one attached hydrogen (secondary N) is 1. The van der Waals surface area contributed by atoms with E-state index in [2.05, 4.69) is 10.4 Å². The van der Waals surface area contributed by atoms with Gasteiger partial charge in [0.15, 0.2) is 0 Å². The van der Waals surface area contributed by atoms with Crippen molar-refractivity contribution in [3.63, 3.8) is 0 Å². The van der Waals surface area contributed by atoms with Crippen LogP contribution in [0.2, 0.25) is 0 Å². The van der Waals surface area contributed by atoms with E-state index in [1.165, 1.54) is 0 Å². The highest BCUT2D eigenvalue weighted by atomic mass is 16.6. The maximum absolute atomic E-state index is 12.9. The molecule has 3 fully saturated rings. The summed E-state index contributed by atoms with van der Waals surface area (Å²) in [5.74, 6) is -0.0473. The van der Waals surface area contributed by atoms with Crippen molar-refractivity contribution in [3.05, 3.63) is 18.5 Å². The van der Waals surface area contributed by atoms with Crippen molar-refractivity contribution in [2.24, 2.45) is 0 Å². The molecule has 27 heavy (non-hydrogen) atoms. The Labute approximate surface area is 158 Å². The van der Waals surface area contributed by atoms with Crippen LogP contribution in [-0.2, 0) is 20.8 Å². The molecular formula is C18H27N5O4. The molecule has 1 aromatic rings. The van der Waals surface area contributed by atoms with Crippen LogP contribution < -0.4 is 5.32 Å². The first-order valence-electron chi connectivity index (χ1n) is 9.69. The van der Waals surface area contributed by atoms with Gasteiger partial charge in [-0.25, -0.2) is 4.79 Å². The number of carbonyl (C=O) groups is 2. The molecule has 148 valence electrons. The molecule has 0 saturated carbocycles. The van der Waals surface area contributed by atoms with E-state index >= 15 is 0 Å². The summed E-state index contributed by atoms with van der Waals surface area (Å²) in [6, 6.07) is 1.87. The Morgan fingerprint density at radius 1 is 1.37 bits per heavy atom. The largest absolute Gasteiger partial charge is 0.441 e. The topological polar surface area (TPSA) is 88.9 Å². The molecule has 1 atom stereocenters. The van der Waals surface area contributed by atoms with Crippen LogP contribution in [-0.4, -0.2) is 89.2 Å². The molecule has 1 spiro atoms. The molecule has 0 aromatic carbocycles. The summed E-state index contributed by atoms with van der Waals surface area (Å²) in [5.41, 5.74) is -0.423. The third-order valence-corrected chi connectivity index (χ3v) is 5.53. The van der Waals surface area contributed by atoms with Crippen molar-refractivity contribution < 1.29 is 19.1 Å². The highest BCUT2D eigenvalue weighted by Gasteiger charge is 2.46. The maximum atomic E-state index is 12.9. The quantitative estimate of drug-likeness (QED) is 0.799. The molecule has 2 amide bonds. The van der Waals surface area contributed by atoms with Gasteiger partial charge in [0, 0.05) is 44.9 Å². The van der Waals surface area contributed by atoms with Crippen LogP contribution in [0.1, 0.15) is 19.3 Å². The average Bonchev–Trinajstić information content (AvgIpc) is 3.18. The van der Waals surface area contributed by atoms with Gasteiger partial charge in [0.05, 0.1) is 19.2 Å². The van der Waals surface area contributed by atoms with Crippen molar-refractivity contribution in [3.8, 4) is 0 Å². The van der Waals surface area contributed by atoms with E-state index in [4.69, 9.17) is 9.47 Å². The second kappa shape index (κ2) is 7.85. The fraction of sp³-hybridized carbons (Fsp3) is 0.722. The molecule has 0 bridgehead atoms. The fourth-order valence-corrected chi connectivity index (χ4v) is 4.07. The van der Waals surface area contributed by atoms with E-state index in [1.807, 2.05) is 21.8 Å². The van der Waals surface area contributed by atoms with Crippen LogP contribution in [0.5, 0.6) is 0 Å². The molecule has 1 aromatic heterocycles. The molecule has 4 rings (SSSR count). The Kier molecular flexibility index (Phi) is 5.31. The van der Waals surface area contributed by atoms with Crippen molar-refractivity contribution in [2.75, 3.05) is 45.9 Å². The Hall–Kier alpha value is -2.13. The smallest absolute Gasteiger partial charge is 0.410 e. The first-order valence-corrected chi connectivity index (χ1v) is 9.69. The van der Waals surface area contributed by atoms with Crippen molar-refractivity contribution in [1.29, 1.82) is 0 Å². The third-order valence-electron chi connectivity index (χ3n) is 5.53. The minimum atomic E-state index is -0.423. The summed E-state index contributed by atoms with van der Waals surface area (Å²) in [6.45, 7) is 4.64. The number of hydrogen-bond donors (Lipinski definition) is 1. The van der Waals surface area contributed by atoms with Gasteiger partial charge in [0.25, 0.3) is 0 Å². The SMILES string of the molecule is O=C(CN1CC2(CCNCC2)OC1=O)N1CCCO[C@@H](Cn2cccn2)C1. The van der Waals surface area contributed by atoms with Crippen LogP contribution in [0.25, 0.3) is 0 Å². The standard InChI is InChI=1S/C18H27N5O4/c24-16(13-22-14-18(27-17(22)25)3-6-19-7-4-18)21-8-2-10-26-15(11-21)12-23-9-1-5-20-23/h1,5,9,15,19H,2-4,6-8,10-14H2/t15-/m1/s1. The predicted molar refractivity (Wildman–Crippen MR) is 96.1 cm³/mol. The number of hydrogen-bond acceptors (Lipinski definition) is 6. The Morgan fingerprint density at radius 2 is 2.22 bits per heavy atom. The van der Waals surface area contributed by atoms with Crippen LogP contribution in [0, 0.1) is 0 Å². The first-order chi connectivity index (χ1) is 13.1. The molecule has 0 unspecified atom stereocenters. The summed E-state index contributed by atoms with van der Waals surface area (Å²) in [5, 5.41) is 7.49. The van der Waals surface area contributed by atoms with Gasteiger partial charge in [-0.3, -0.25) is 14.4 Å². The van der Waals surface area contributed by atoms with Crippen LogP contribution in [0.4, 0.5) is 4.79 Å². The molecule has 1 N–H and O–H groups in total. The number of nitrogens with zero attached hydrogens (tertiary/aromatic N) is 4. The van der Waals surface area contributed by atoms with E-state index in [1.54, 1.807) is 11.1 Å². The van der Waals surface area contributed by atoms with Gasteiger partial charge < -0.3 is 19.7 Å². The number of aromatic nitrogens is 2. The molecule has 3 aliphatic heterocycles. The normalized spacial score (nSPS) is 25.5. The highest BCUT2D eigenvalue weighted by Crippen LogP contribution is 2.31.